The Bertz CT molecular complexity index is 254. The largest absolute Gasteiger partial charge is 0.333 e. The van der Waals surface area contributed by atoms with Crippen molar-refractivity contribution in [2.45, 2.75) is 44.1 Å². The quantitative estimate of drug-likeness (QED) is 0.739. The van der Waals surface area contributed by atoms with Crippen LogP contribution in [0.3, 0.4) is 0 Å². The number of hydrogen-bond acceptors (Lipinski definition) is 2. The first kappa shape index (κ1) is 10.9. The number of nitriles is 1. The molecule has 0 aliphatic heterocycles. The molecule has 1 aliphatic rings. The van der Waals surface area contributed by atoms with E-state index in [1.165, 1.54) is 0 Å². The van der Waals surface area contributed by atoms with Gasteiger partial charge >= 0.3 is 6.43 Å². The van der Waals surface area contributed by atoms with Crippen LogP contribution in [0.5, 0.6) is 0 Å². The van der Waals surface area contributed by atoms with E-state index in [0.717, 1.165) is 19.3 Å². The van der Waals surface area contributed by atoms with Gasteiger partial charge < -0.3 is 5.32 Å². The number of carbonyl (C=O) groups excluding carboxylic acids is 1. The van der Waals surface area contributed by atoms with Crippen LogP contribution in [-0.4, -0.2) is 17.9 Å². The molecular formula is C9H12F2N2O. The monoisotopic (exact) mass is 202 g/mol. The van der Waals surface area contributed by atoms with E-state index in [-0.39, 0.29) is 0 Å². The maximum Gasteiger partial charge on any atom is 0.315 e. The Balaban J connectivity index is 2.62. The average Bonchev–Trinajstić information content (AvgIpc) is 2.19. The summed E-state index contributed by atoms with van der Waals surface area (Å²) >= 11 is 0. The van der Waals surface area contributed by atoms with Crippen molar-refractivity contribution >= 4 is 5.91 Å². The Hall–Kier alpha value is -1.18. The zero-order valence-electron chi connectivity index (χ0n) is 7.72. The number of hydrogen-bond donors (Lipinski definition) is 1. The fourth-order valence-electron chi connectivity index (χ4n) is 1.71. The van der Waals surface area contributed by atoms with E-state index in [9.17, 15) is 13.6 Å². The highest BCUT2D eigenvalue weighted by atomic mass is 19.3. The molecule has 1 fully saturated rings. The minimum absolute atomic E-state index is 0.474. The highest BCUT2D eigenvalue weighted by molar-refractivity contribution is 5.80. The fraction of sp³-hybridized carbons (Fsp3) is 0.778. The van der Waals surface area contributed by atoms with Crippen LogP contribution >= 0.6 is 0 Å². The lowest BCUT2D eigenvalue weighted by Gasteiger charge is -2.31. The van der Waals surface area contributed by atoms with Crippen LogP contribution in [-0.2, 0) is 4.79 Å². The zero-order valence-corrected chi connectivity index (χ0v) is 7.72. The minimum Gasteiger partial charge on any atom is -0.333 e. The summed E-state index contributed by atoms with van der Waals surface area (Å²) in [6, 6.07) is 1.94. The van der Waals surface area contributed by atoms with Crippen LogP contribution in [0.25, 0.3) is 0 Å². The van der Waals surface area contributed by atoms with Gasteiger partial charge in [-0.3, -0.25) is 4.79 Å². The summed E-state index contributed by atoms with van der Waals surface area (Å²) in [6.07, 6.45) is 0.508. The van der Waals surface area contributed by atoms with E-state index in [0.29, 0.717) is 12.8 Å². The normalized spacial score (nSPS) is 20.1. The molecule has 0 unspecified atom stereocenters. The van der Waals surface area contributed by atoms with E-state index < -0.39 is 17.9 Å². The molecule has 0 aromatic carbocycles. The van der Waals surface area contributed by atoms with Crippen molar-refractivity contribution in [1.82, 2.24) is 5.32 Å². The molecule has 0 spiro atoms. The molecule has 5 heteroatoms. The lowest BCUT2D eigenvalue weighted by Crippen LogP contribution is -2.50. The fourth-order valence-corrected chi connectivity index (χ4v) is 1.71. The third kappa shape index (κ3) is 2.41. The first-order valence-corrected chi connectivity index (χ1v) is 4.61. The second-order valence-electron chi connectivity index (χ2n) is 3.54. The summed E-state index contributed by atoms with van der Waals surface area (Å²) in [6.45, 7) is 0. The maximum atomic E-state index is 12.0. The molecule has 0 atom stereocenters. The Morgan fingerprint density at radius 2 is 1.93 bits per heavy atom. The van der Waals surface area contributed by atoms with Crippen LogP contribution < -0.4 is 5.32 Å². The number of carbonyl (C=O) groups is 1. The summed E-state index contributed by atoms with van der Waals surface area (Å²) in [4.78, 5) is 10.8. The van der Waals surface area contributed by atoms with E-state index in [1.54, 1.807) is 0 Å². The summed E-state index contributed by atoms with van der Waals surface area (Å²) in [5.41, 5.74) is -1.05. The first-order chi connectivity index (χ1) is 6.59. The van der Waals surface area contributed by atoms with Crippen molar-refractivity contribution in [1.29, 1.82) is 5.26 Å². The van der Waals surface area contributed by atoms with Gasteiger partial charge in [-0.1, -0.05) is 19.3 Å². The minimum atomic E-state index is -3.04. The molecule has 0 aromatic rings. The van der Waals surface area contributed by atoms with Crippen molar-refractivity contribution in [3.8, 4) is 6.07 Å². The predicted molar refractivity (Wildman–Crippen MR) is 45.6 cm³/mol. The van der Waals surface area contributed by atoms with Gasteiger partial charge in [0.25, 0.3) is 5.91 Å². The zero-order chi connectivity index (χ0) is 10.6. The van der Waals surface area contributed by atoms with Gasteiger partial charge in [0, 0.05) is 0 Å². The van der Waals surface area contributed by atoms with Crippen LogP contribution in [0, 0.1) is 11.3 Å². The molecule has 0 radical (unpaired) electrons. The summed E-state index contributed by atoms with van der Waals surface area (Å²) < 4.78 is 23.9. The van der Waals surface area contributed by atoms with Crippen molar-refractivity contribution < 1.29 is 13.6 Å². The molecule has 0 bridgehead atoms. The molecule has 14 heavy (non-hydrogen) atoms. The summed E-state index contributed by atoms with van der Waals surface area (Å²) in [5.74, 6) is -1.34. The Labute approximate surface area is 81.1 Å². The van der Waals surface area contributed by atoms with Crippen LogP contribution in [0.4, 0.5) is 8.78 Å². The molecule has 1 rings (SSSR count). The third-order valence-electron chi connectivity index (χ3n) is 2.48. The number of amides is 1. The molecule has 1 saturated carbocycles. The smallest absolute Gasteiger partial charge is 0.315 e. The summed E-state index contributed by atoms with van der Waals surface area (Å²) in [5, 5.41) is 11.0. The Kier molecular flexibility index (Phi) is 3.39. The molecule has 0 aromatic heterocycles. The van der Waals surface area contributed by atoms with Gasteiger partial charge in [-0.05, 0) is 12.8 Å². The van der Waals surface area contributed by atoms with E-state index in [2.05, 4.69) is 5.32 Å². The van der Waals surface area contributed by atoms with E-state index in [1.807, 2.05) is 6.07 Å². The van der Waals surface area contributed by atoms with Crippen molar-refractivity contribution in [2.75, 3.05) is 0 Å². The van der Waals surface area contributed by atoms with Crippen LogP contribution in [0.1, 0.15) is 32.1 Å². The summed E-state index contributed by atoms with van der Waals surface area (Å²) in [7, 11) is 0. The molecule has 0 heterocycles. The number of nitrogens with one attached hydrogen (secondary N) is 1. The van der Waals surface area contributed by atoms with Gasteiger partial charge in [0.1, 0.15) is 5.54 Å². The second kappa shape index (κ2) is 4.36. The second-order valence-corrected chi connectivity index (χ2v) is 3.54. The molecule has 1 N–H and O–H groups in total. The van der Waals surface area contributed by atoms with Gasteiger partial charge in [-0.25, -0.2) is 0 Å². The topological polar surface area (TPSA) is 52.9 Å². The number of nitrogens with zero attached hydrogens (tertiary/aromatic N) is 1. The lowest BCUT2D eigenvalue weighted by molar-refractivity contribution is -0.133. The highest BCUT2D eigenvalue weighted by Crippen LogP contribution is 2.27. The predicted octanol–water partition coefficient (Wildman–Crippen LogP) is 1.59. The van der Waals surface area contributed by atoms with Gasteiger partial charge in [0.05, 0.1) is 6.07 Å². The SMILES string of the molecule is N#CC1(NC(=O)C(F)F)CCCCC1. The van der Waals surface area contributed by atoms with E-state index in [4.69, 9.17) is 5.26 Å². The number of alkyl halides is 2. The van der Waals surface area contributed by atoms with E-state index >= 15 is 0 Å². The standard InChI is InChI=1S/C9H12F2N2O/c10-7(11)8(14)13-9(6-12)4-2-1-3-5-9/h7H,1-5H2,(H,13,14). The lowest BCUT2D eigenvalue weighted by atomic mass is 9.83. The van der Waals surface area contributed by atoms with Gasteiger partial charge in [-0.15, -0.1) is 0 Å². The van der Waals surface area contributed by atoms with Gasteiger partial charge in [0.2, 0.25) is 0 Å². The third-order valence-corrected chi connectivity index (χ3v) is 2.48. The number of rotatable bonds is 2. The number of halogens is 2. The molecule has 1 aliphatic carbocycles. The molecule has 78 valence electrons. The van der Waals surface area contributed by atoms with Crippen molar-refractivity contribution in [3.63, 3.8) is 0 Å². The van der Waals surface area contributed by atoms with Crippen molar-refractivity contribution in [3.05, 3.63) is 0 Å². The van der Waals surface area contributed by atoms with Gasteiger partial charge in [0.15, 0.2) is 0 Å². The first-order valence-electron chi connectivity index (χ1n) is 4.61. The molecule has 3 nitrogen and oxygen atoms in total. The van der Waals surface area contributed by atoms with Crippen molar-refractivity contribution in [2.24, 2.45) is 0 Å². The average molecular weight is 202 g/mol. The Morgan fingerprint density at radius 1 is 1.36 bits per heavy atom. The molecule has 0 saturated heterocycles. The van der Waals surface area contributed by atoms with Gasteiger partial charge in [-0.2, -0.15) is 14.0 Å². The Morgan fingerprint density at radius 3 is 2.36 bits per heavy atom. The highest BCUT2D eigenvalue weighted by Gasteiger charge is 2.35. The maximum absolute atomic E-state index is 12.0. The van der Waals surface area contributed by atoms with Crippen LogP contribution in [0.15, 0.2) is 0 Å². The molecular weight excluding hydrogens is 190 g/mol. The molecule has 1 amide bonds. The van der Waals surface area contributed by atoms with Crippen LogP contribution in [0.2, 0.25) is 0 Å².